The quantitative estimate of drug-likeness (QED) is 0.451. The van der Waals surface area contributed by atoms with E-state index in [9.17, 15) is 14.0 Å². The van der Waals surface area contributed by atoms with Crippen molar-refractivity contribution in [3.63, 3.8) is 0 Å². The minimum Gasteiger partial charge on any atom is -0.383 e. The van der Waals surface area contributed by atoms with Gasteiger partial charge < -0.3 is 16.4 Å². The van der Waals surface area contributed by atoms with Gasteiger partial charge in [0.25, 0.3) is 5.91 Å². The fourth-order valence-corrected chi connectivity index (χ4v) is 3.80. The SMILES string of the molecule is Cc1cc2cc(C(=O)N(Cc3ccc(C(N)=O)cn3)C(C)c3ccccc3F)ccc2nc1N. The number of carbonyl (C=O) groups excluding carboxylic acids is 2. The number of aromatic nitrogens is 2. The van der Waals surface area contributed by atoms with Crippen molar-refractivity contribution >= 4 is 28.5 Å². The lowest BCUT2D eigenvalue weighted by Crippen LogP contribution is -2.34. The number of amides is 2. The number of benzene rings is 2. The van der Waals surface area contributed by atoms with Crippen molar-refractivity contribution in [1.82, 2.24) is 14.9 Å². The molecule has 0 fully saturated rings. The van der Waals surface area contributed by atoms with E-state index < -0.39 is 17.8 Å². The zero-order valence-corrected chi connectivity index (χ0v) is 18.8. The van der Waals surface area contributed by atoms with Crippen molar-refractivity contribution in [2.45, 2.75) is 26.4 Å². The van der Waals surface area contributed by atoms with Crippen LogP contribution in [0.5, 0.6) is 0 Å². The van der Waals surface area contributed by atoms with Gasteiger partial charge in [-0.25, -0.2) is 9.37 Å². The average Bonchev–Trinajstić information content (AvgIpc) is 2.83. The predicted molar refractivity (Wildman–Crippen MR) is 128 cm³/mol. The number of aryl methyl sites for hydroxylation is 1. The van der Waals surface area contributed by atoms with Gasteiger partial charge in [0.05, 0.1) is 29.4 Å². The summed E-state index contributed by atoms with van der Waals surface area (Å²) in [4.78, 5) is 35.3. The van der Waals surface area contributed by atoms with E-state index in [1.807, 2.05) is 13.0 Å². The van der Waals surface area contributed by atoms with Crippen LogP contribution < -0.4 is 11.5 Å². The van der Waals surface area contributed by atoms with Crippen LogP contribution in [0.4, 0.5) is 10.2 Å². The van der Waals surface area contributed by atoms with Crippen molar-refractivity contribution < 1.29 is 14.0 Å². The number of carbonyl (C=O) groups is 2. The monoisotopic (exact) mass is 457 g/mol. The molecule has 0 spiro atoms. The van der Waals surface area contributed by atoms with Crippen LogP contribution in [0.2, 0.25) is 0 Å². The molecule has 2 heterocycles. The lowest BCUT2D eigenvalue weighted by molar-refractivity contribution is 0.0668. The Bertz CT molecular complexity index is 1390. The highest BCUT2D eigenvalue weighted by atomic mass is 19.1. The van der Waals surface area contributed by atoms with Gasteiger partial charge in [0, 0.05) is 22.7 Å². The number of pyridine rings is 2. The Morgan fingerprint density at radius 2 is 1.79 bits per heavy atom. The number of nitrogen functional groups attached to an aromatic ring is 1. The molecule has 172 valence electrons. The Kier molecular flexibility index (Phi) is 6.23. The van der Waals surface area contributed by atoms with Crippen molar-refractivity contribution in [3.8, 4) is 0 Å². The molecule has 2 aromatic carbocycles. The Hall–Kier alpha value is -4.33. The van der Waals surface area contributed by atoms with Gasteiger partial charge in [-0.05, 0) is 61.9 Å². The molecule has 1 atom stereocenters. The van der Waals surface area contributed by atoms with Gasteiger partial charge in [-0.1, -0.05) is 18.2 Å². The second-order valence-electron chi connectivity index (χ2n) is 8.13. The minimum absolute atomic E-state index is 0.102. The van der Waals surface area contributed by atoms with Crippen LogP contribution in [-0.2, 0) is 6.54 Å². The number of nitrogens with zero attached hydrogens (tertiary/aromatic N) is 3. The molecule has 7 nitrogen and oxygen atoms in total. The molecule has 8 heteroatoms. The summed E-state index contributed by atoms with van der Waals surface area (Å²) in [7, 11) is 0. The van der Waals surface area contributed by atoms with Gasteiger partial charge in [-0.2, -0.15) is 0 Å². The number of hydrogen-bond donors (Lipinski definition) is 2. The summed E-state index contributed by atoms with van der Waals surface area (Å²) in [5, 5.41) is 0.778. The molecule has 34 heavy (non-hydrogen) atoms. The molecular weight excluding hydrogens is 433 g/mol. The first-order valence-electron chi connectivity index (χ1n) is 10.7. The molecule has 4 N–H and O–H groups in total. The third kappa shape index (κ3) is 4.56. The Morgan fingerprint density at radius 1 is 1.06 bits per heavy atom. The van der Waals surface area contributed by atoms with Gasteiger partial charge >= 0.3 is 0 Å². The topological polar surface area (TPSA) is 115 Å². The lowest BCUT2D eigenvalue weighted by atomic mass is 10.0. The molecule has 0 saturated carbocycles. The number of nitrogens with two attached hydrogens (primary N) is 2. The third-order valence-corrected chi connectivity index (χ3v) is 5.82. The largest absolute Gasteiger partial charge is 0.383 e. The van der Waals surface area contributed by atoms with Crippen LogP contribution in [0.3, 0.4) is 0 Å². The summed E-state index contributed by atoms with van der Waals surface area (Å²) < 4.78 is 14.6. The van der Waals surface area contributed by atoms with Crippen molar-refractivity contribution in [2.24, 2.45) is 5.73 Å². The first-order chi connectivity index (χ1) is 16.2. The summed E-state index contributed by atoms with van der Waals surface area (Å²) in [6, 6.07) is 16.0. The van der Waals surface area contributed by atoms with E-state index in [-0.39, 0.29) is 18.0 Å². The molecule has 2 aromatic heterocycles. The maximum Gasteiger partial charge on any atom is 0.254 e. The summed E-state index contributed by atoms with van der Waals surface area (Å²) >= 11 is 0. The van der Waals surface area contributed by atoms with Crippen LogP contribution >= 0.6 is 0 Å². The summed E-state index contributed by atoms with van der Waals surface area (Å²) in [5.41, 5.74) is 14.3. The van der Waals surface area contributed by atoms with Crippen LogP contribution in [0.15, 0.2) is 66.9 Å². The number of rotatable bonds is 6. The highest BCUT2D eigenvalue weighted by molar-refractivity contribution is 5.98. The first kappa shape index (κ1) is 22.8. The highest BCUT2D eigenvalue weighted by Crippen LogP contribution is 2.28. The fraction of sp³-hybridized carbons (Fsp3) is 0.154. The zero-order chi connectivity index (χ0) is 24.4. The summed E-state index contributed by atoms with van der Waals surface area (Å²) in [6.45, 7) is 3.72. The van der Waals surface area contributed by atoms with E-state index >= 15 is 0 Å². The number of hydrogen-bond acceptors (Lipinski definition) is 5. The van der Waals surface area contributed by atoms with Gasteiger partial charge in [-0.15, -0.1) is 0 Å². The lowest BCUT2D eigenvalue weighted by Gasteiger charge is -2.30. The average molecular weight is 458 g/mol. The molecule has 0 bridgehead atoms. The Labute approximate surface area is 196 Å². The van der Waals surface area contributed by atoms with Crippen LogP contribution in [-0.4, -0.2) is 26.7 Å². The minimum atomic E-state index is -0.590. The van der Waals surface area contributed by atoms with Gasteiger partial charge in [-0.3, -0.25) is 14.6 Å². The van der Waals surface area contributed by atoms with Crippen molar-refractivity contribution in [1.29, 1.82) is 0 Å². The van der Waals surface area contributed by atoms with Crippen LogP contribution in [0.25, 0.3) is 10.9 Å². The summed E-state index contributed by atoms with van der Waals surface area (Å²) in [6.07, 6.45) is 1.36. The Morgan fingerprint density at radius 3 is 2.47 bits per heavy atom. The van der Waals surface area contributed by atoms with E-state index in [2.05, 4.69) is 9.97 Å². The number of fused-ring (bicyclic) bond motifs is 1. The van der Waals surface area contributed by atoms with Crippen LogP contribution in [0.1, 0.15) is 50.5 Å². The molecule has 0 radical (unpaired) electrons. The maximum atomic E-state index is 14.6. The second kappa shape index (κ2) is 9.27. The number of anilines is 1. The second-order valence-corrected chi connectivity index (χ2v) is 8.13. The molecule has 2 amide bonds. The van der Waals surface area contributed by atoms with E-state index in [0.717, 1.165) is 10.9 Å². The highest BCUT2D eigenvalue weighted by Gasteiger charge is 2.26. The van der Waals surface area contributed by atoms with E-state index in [1.54, 1.807) is 60.4 Å². The van der Waals surface area contributed by atoms with Crippen molar-refractivity contribution in [3.05, 3.63) is 101 Å². The zero-order valence-electron chi connectivity index (χ0n) is 18.8. The smallest absolute Gasteiger partial charge is 0.254 e. The van der Waals surface area contributed by atoms with Gasteiger partial charge in [0.1, 0.15) is 11.6 Å². The molecule has 0 aliphatic carbocycles. The van der Waals surface area contributed by atoms with E-state index in [4.69, 9.17) is 11.5 Å². The normalized spacial score (nSPS) is 11.9. The molecule has 4 rings (SSSR count). The molecule has 1 unspecified atom stereocenters. The summed E-state index contributed by atoms with van der Waals surface area (Å²) in [5.74, 6) is -0.856. The fourth-order valence-electron chi connectivity index (χ4n) is 3.80. The predicted octanol–water partition coefficient (Wildman–Crippen LogP) is 4.16. The van der Waals surface area contributed by atoms with Gasteiger partial charge in [0.2, 0.25) is 5.91 Å². The van der Waals surface area contributed by atoms with Gasteiger partial charge in [0.15, 0.2) is 0 Å². The van der Waals surface area contributed by atoms with E-state index in [1.165, 1.54) is 12.3 Å². The molecule has 0 saturated heterocycles. The first-order valence-corrected chi connectivity index (χ1v) is 10.7. The third-order valence-electron chi connectivity index (χ3n) is 5.82. The Balaban J connectivity index is 1.74. The molecule has 0 aliphatic rings. The molecule has 0 aliphatic heterocycles. The molecular formula is C26H24FN5O2. The van der Waals surface area contributed by atoms with E-state index in [0.29, 0.717) is 28.2 Å². The number of primary amides is 1. The standard InChI is InChI=1S/C26H24FN5O2/c1-15-11-19-12-17(8-10-23(19)31-24(15)28)26(34)32(16(2)21-5-3-4-6-22(21)27)14-20-9-7-18(13-30-20)25(29)33/h3-13,16H,14H2,1-2H3,(H2,28,31)(H2,29,33). The molecule has 4 aromatic rings. The number of halogens is 1. The van der Waals surface area contributed by atoms with Crippen molar-refractivity contribution in [2.75, 3.05) is 5.73 Å². The van der Waals surface area contributed by atoms with Crippen LogP contribution in [0, 0.1) is 12.7 Å². The maximum absolute atomic E-state index is 14.6.